The molecule has 0 spiro atoms. The number of rotatable bonds is 1. The summed E-state index contributed by atoms with van der Waals surface area (Å²) in [6.45, 7) is 0. The summed E-state index contributed by atoms with van der Waals surface area (Å²) in [5.41, 5.74) is 4.26. The number of hydrogen-bond donors (Lipinski definition) is 2. The lowest BCUT2D eigenvalue weighted by atomic mass is 10.2. The van der Waals surface area contributed by atoms with Crippen molar-refractivity contribution in [1.29, 1.82) is 0 Å². The normalized spacial score (nSPS) is 10.1. The lowest BCUT2D eigenvalue weighted by molar-refractivity contribution is 0.0689. The molecule has 1 aromatic carbocycles. The zero-order valence-electron chi connectivity index (χ0n) is 6.14. The van der Waals surface area contributed by atoms with Crippen molar-refractivity contribution < 1.29 is 18.7 Å². The molecule has 0 aliphatic carbocycles. The second-order valence-electron chi connectivity index (χ2n) is 2.26. The molecule has 0 saturated carbocycles. The highest BCUT2D eigenvalue weighted by Crippen LogP contribution is 2.28. The zero-order chi connectivity index (χ0) is 10.2. The van der Waals surface area contributed by atoms with Gasteiger partial charge in [-0.25, -0.2) is 13.6 Å². The molecule has 0 aliphatic heterocycles. The molecule has 0 atom stereocenters. The molecule has 13 heavy (non-hydrogen) atoms. The fraction of sp³-hybridized carbons (Fsp3) is 0. The molecule has 0 bridgehead atoms. The molecule has 0 radical (unpaired) electrons. The number of aromatic carboxylic acids is 1. The summed E-state index contributed by atoms with van der Waals surface area (Å²) in [5.74, 6) is -4.28. The van der Waals surface area contributed by atoms with Crippen LogP contribution in [0.1, 0.15) is 10.4 Å². The van der Waals surface area contributed by atoms with Gasteiger partial charge < -0.3 is 10.8 Å². The predicted octanol–water partition coefficient (Wildman–Crippen LogP) is 2.01. The summed E-state index contributed by atoms with van der Waals surface area (Å²) in [6, 6.07) is 0.714. The zero-order valence-corrected chi connectivity index (χ0v) is 7.73. The second kappa shape index (κ2) is 3.29. The number of benzene rings is 1. The quantitative estimate of drug-likeness (QED) is 0.593. The monoisotopic (exact) mass is 251 g/mol. The van der Waals surface area contributed by atoms with Crippen molar-refractivity contribution in [3.63, 3.8) is 0 Å². The minimum Gasteiger partial charge on any atom is -0.478 e. The first-order valence-corrected chi connectivity index (χ1v) is 3.90. The van der Waals surface area contributed by atoms with Crippen LogP contribution in [-0.4, -0.2) is 11.1 Å². The van der Waals surface area contributed by atoms with Crippen LogP contribution in [0.4, 0.5) is 14.5 Å². The van der Waals surface area contributed by atoms with Crippen molar-refractivity contribution in [3.8, 4) is 0 Å². The second-order valence-corrected chi connectivity index (χ2v) is 3.05. The Morgan fingerprint density at radius 1 is 1.54 bits per heavy atom. The van der Waals surface area contributed by atoms with Gasteiger partial charge in [0.1, 0.15) is 5.56 Å². The molecule has 0 fully saturated rings. The number of halogens is 3. The summed E-state index contributed by atoms with van der Waals surface area (Å²) in [5, 5.41) is 8.50. The van der Waals surface area contributed by atoms with Crippen LogP contribution in [0, 0.1) is 11.6 Å². The number of hydrogen-bond acceptors (Lipinski definition) is 2. The van der Waals surface area contributed by atoms with E-state index in [2.05, 4.69) is 15.9 Å². The fourth-order valence-electron chi connectivity index (χ4n) is 0.811. The molecule has 6 heteroatoms. The lowest BCUT2D eigenvalue weighted by Gasteiger charge is -2.04. The van der Waals surface area contributed by atoms with E-state index in [0.717, 1.165) is 0 Å². The van der Waals surface area contributed by atoms with Crippen LogP contribution in [-0.2, 0) is 0 Å². The van der Waals surface area contributed by atoms with E-state index in [-0.39, 0.29) is 10.2 Å². The molecule has 1 rings (SSSR count). The van der Waals surface area contributed by atoms with Crippen molar-refractivity contribution in [2.75, 3.05) is 5.73 Å². The third-order valence-corrected chi connectivity index (χ3v) is 2.25. The Morgan fingerprint density at radius 3 is 2.54 bits per heavy atom. The van der Waals surface area contributed by atoms with Gasteiger partial charge in [-0.1, -0.05) is 0 Å². The topological polar surface area (TPSA) is 63.3 Å². The molecule has 3 nitrogen and oxygen atoms in total. The van der Waals surface area contributed by atoms with Crippen molar-refractivity contribution in [2.24, 2.45) is 0 Å². The largest absolute Gasteiger partial charge is 0.478 e. The van der Waals surface area contributed by atoms with E-state index in [0.29, 0.717) is 6.07 Å². The molecule has 0 heterocycles. The molecule has 0 unspecified atom stereocenters. The van der Waals surface area contributed by atoms with Crippen LogP contribution in [0.3, 0.4) is 0 Å². The SMILES string of the molecule is Nc1cc(F)c(F)c(C(=O)O)c1Br. The number of carbonyl (C=O) groups is 1. The molecule has 0 amide bonds. The van der Waals surface area contributed by atoms with E-state index in [1.807, 2.05) is 0 Å². The highest BCUT2D eigenvalue weighted by molar-refractivity contribution is 9.10. The van der Waals surface area contributed by atoms with Crippen LogP contribution in [0.15, 0.2) is 10.5 Å². The van der Waals surface area contributed by atoms with E-state index in [1.165, 1.54) is 0 Å². The maximum atomic E-state index is 12.9. The van der Waals surface area contributed by atoms with E-state index in [4.69, 9.17) is 10.8 Å². The molecular formula is C7H4BrF2NO2. The Kier molecular flexibility index (Phi) is 2.51. The molecule has 0 aliphatic rings. The van der Waals surface area contributed by atoms with Crippen molar-refractivity contribution in [2.45, 2.75) is 0 Å². The standard InChI is InChI=1S/C7H4BrF2NO2/c8-5-3(11)1-2(9)6(10)4(5)7(12)13/h1H,11H2,(H,12,13). The first-order valence-electron chi connectivity index (χ1n) is 3.11. The van der Waals surface area contributed by atoms with E-state index >= 15 is 0 Å². The summed E-state index contributed by atoms with van der Waals surface area (Å²) in [6.07, 6.45) is 0. The minimum absolute atomic E-state index is 0.154. The van der Waals surface area contributed by atoms with E-state index < -0.39 is 23.2 Å². The van der Waals surface area contributed by atoms with Gasteiger partial charge in [0.05, 0.1) is 4.47 Å². The first-order chi connectivity index (χ1) is 5.95. The summed E-state index contributed by atoms with van der Waals surface area (Å²) >= 11 is 2.75. The Labute approximate surface area is 80.3 Å². The Balaban J connectivity index is 3.56. The maximum absolute atomic E-state index is 12.9. The van der Waals surface area contributed by atoms with Gasteiger partial charge in [0.2, 0.25) is 0 Å². The lowest BCUT2D eigenvalue weighted by Crippen LogP contribution is -2.06. The third kappa shape index (κ3) is 1.62. The molecule has 0 saturated heterocycles. The van der Waals surface area contributed by atoms with Crippen LogP contribution in [0.5, 0.6) is 0 Å². The predicted molar refractivity (Wildman–Crippen MR) is 45.4 cm³/mol. The van der Waals surface area contributed by atoms with E-state index in [1.54, 1.807) is 0 Å². The van der Waals surface area contributed by atoms with E-state index in [9.17, 15) is 13.6 Å². The van der Waals surface area contributed by atoms with Crippen LogP contribution in [0.2, 0.25) is 0 Å². The number of anilines is 1. The number of carboxylic acids is 1. The Bertz CT molecular complexity index is 355. The van der Waals surface area contributed by atoms with Crippen LogP contribution < -0.4 is 5.73 Å². The van der Waals surface area contributed by atoms with Gasteiger partial charge in [0, 0.05) is 11.8 Å². The Hall–Kier alpha value is -1.17. The van der Waals surface area contributed by atoms with Gasteiger partial charge >= 0.3 is 5.97 Å². The molecule has 3 N–H and O–H groups in total. The van der Waals surface area contributed by atoms with Gasteiger partial charge in [-0.15, -0.1) is 0 Å². The van der Waals surface area contributed by atoms with Gasteiger partial charge in [-0.2, -0.15) is 0 Å². The number of nitrogens with two attached hydrogens (primary N) is 1. The third-order valence-electron chi connectivity index (χ3n) is 1.40. The number of carboxylic acid groups (broad SMARTS) is 1. The number of nitrogen functional groups attached to an aromatic ring is 1. The van der Waals surface area contributed by atoms with Crippen molar-refractivity contribution >= 4 is 27.6 Å². The smallest absolute Gasteiger partial charge is 0.340 e. The summed E-state index contributed by atoms with van der Waals surface area (Å²) < 4.78 is 25.3. The molecule has 1 aromatic rings. The molecule has 0 aromatic heterocycles. The van der Waals surface area contributed by atoms with Gasteiger partial charge in [-0.3, -0.25) is 0 Å². The van der Waals surface area contributed by atoms with Crippen molar-refractivity contribution in [1.82, 2.24) is 0 Å². The average molecular weight is 252 g/mol. The van der Waals surface area contributed by atoms with Crippen LogP contribution in [0.25, 0.3) is 0 Å². The fourth-order valence-corrected chi connectivity index (χ4v) is 1.27. The highest BCUT2D eigenvalue weighted by atomic mass is 79.9. The van der Waals surface area contributed by atoms with Crippen molar-refractivity contribution in [3.05, 3.63) is 27.7 Å². The minimum atomic E-state index is -1.57. The highest BCUT2D eigenvalue weighted by Gasteiger charge is 2.20. The van der Waals surface area contributed by atoms with Gasteiger partial charge in [0.15, 0.2) is 11.6 Å². The summed E-state index contributed by atoms with van der Waals surface area (Å²) in [7, 11) is 0. The first kappa shape index (κ1) is 9.91. The molecular weight excluding hydrogens is 248 g/mol. The van der Waals surface area contributed by atoms with Gasteiger partial charge in [0.25, 0.3) is 0 Å². The molecule has 70 valence electrons. The maximum Gasteiger partial charge on any atom is 0.340 e. The average Bonchev–Trinajstić information content (AvgIpc) is 2.01. The Morgan fingerprint density at radius 2 is 2.08 bits per heavy atom. The summed E-state index contributed by atoms with van der Waals surface area (Å²) in [4.78, 5) is 10.5. The van der Waals surface area contributed by atoms with Gasteiger partial charge in [-0.05, 0) is 15.9 Å². The van der Waals surface area contributed by atoms with Crippen LogP contribution >= 0.6 is 15.9 Å².